The highest BCUT2D eigenvalue weighted by molar-refractivity contribution is 5.54. The first-order valence-corrected chi connectivity index (χ1v) is 6.61. The Morgan fingerprint density at radius 3 is 2.28 bits per heavy atom. The molecule has 18 heavy (non-hydrogen) atoms. The summed E-state index contributed by atoms with van der Waals surface area (Å²) >= 11 is 0. The third kappa shape index (κ3) is 2.32. The molecule has 0 atom stereocenters. The van der Waals surface area contributed by atoms with Crippen LogP contribution in [0.15, 0.2) is 6.07 Å². The Labute approximate surface area is 109 Å². The predicted octanol–water partition coefficient (Wildman–Crippen LogP) is 2.79. The molecule has 1 aliphatic rings. The van der Waals surface area contributed by atoms with E-state index in [2.05, 4.69) is 25.2 Å². The Bertz CT molecular complexity index is 423. The number of methoxy groups -OCH3 is 2. The molecule has 0 spiro atoms. The fraction of sp³-hybridized carbons (Fsp3) is 0.600. The number of benzene rings is 1. The number of rotatable bonds is 3. The average Bonchev–Trinajstić information content (AvgIpc) is 2.42. The van der Waals surface area contributed by atoms with Gasteiger partial charge in [0.15, 0.2) is 11.5 Å². The normalized spacial score (nSPS) is 16.7. The van der Waals surface area contributed by atoms with E-state index in [1.807, 2.05) is 0 Å². The number of hydrogen-bond donors (Lipinski definition) is 1. The minimum absolute atomic E-state index is 0.643. The first-order valence-electron chi connectivity index (χ1n) is 6.61. The van der Waals surface area contributed by atoms with Gasteiger partial charge in [0.2, 0.25) is 0 Å². The first kappa shape index (κ1) is 13.2. The molecule has 0 aliphatic carbocycles. The standard InChI is InChI=1S/C15H23NO2/c1-10-11(2)15(18-4)14(17-3)9-13(10)12-5-7-16-8-6-12/h9,12,16H,5-8H2,1-4H3. The molecule has 3 heteroatoms. The lowest BCUT2D eigenvalue weighted by Gasteiger charge is -2.26. The van der Waals surface area contributed by atoms with Gasteiger partial charge in [-0.25, -0.2) is 0 Å². The first-order chi connectivity index (χ1) is 8.69. The lowest BCUT2D eigenvalue weighted by molar-refractivity contribution is 0.351. The fourth-order valence-electron chi connectivity index (χ4n) is 2.85. The van der Waals surface area contributed by atoms with Crippen LogP contribution in [0, 0.1) is 13.8 Å². The van der Waals surface area contributed by atoms with Crippen LogP contribution in [0.25, 0.3) is 0 Å². The molecule has 1 N–H and O–H groups in total. The van der Waals surface area contributed by atoms with Crippen molar-refractivity contribution >= 4 is 0 Å². The molecule has 1 saturated heterocycles. The van der Waals surface area contributed by atoms with Gasteiger partial charge < -0.3 is 14.8 Å². The van der Waals surface area contributed by atoms with Gasteiger partial charge in [-0.3, -0.25) is 0 Å². The summed E-state index contributed by atoms with van der Waals surface area (Å²) in [5.41, 5.74) is 3.97. The topological polar surface area (TPSA) is 30.5 Å². The zero-order valence-electron chi connectivity index (χ0n) is 11.8. The summed E-state index contributed by atoms with van der Waals surface area (Å²) in [7, 11) is 3.41. The second-order valence-corrected chi connectivity index (χ2v) is 4.98. The van der Waals surface area contributed by atoms with Crippen molar-refractivity contribution in [3.05, 3.63) is 22.8 Å². The molecule has 1 heterocycles. The van der Waals surface area contributed by atoms with E-state index in [4.69, 9.17) is 9.47 Å². The van der Waals surface area contributed by atoms with Crippen molar-refractivity contribution in [2.24, 2.45) is 0 Å². The lowest BCUT2D eigenvalue weighted by atomic mass is 9.85. The maximum absolute atomic E-state index is 5.46. The van der Waals surface area contributed by atoms with Gasteiger partial charge >= 0.3 is 0 Å². The minimum atomic E-state index is 0.643. The summed E-state index contributed by atoms with van der Waals surface area (Å²) in [5, 5.41) is 3.41. The number of piperidine rings is 1. The Balaban J connectivity index is 2.44. The molecular formula is C15H23NO2. The second kappa shape index (κ2) is 5.61. The molecular weight excluding hydrogens is 226 g/mol. The van der Waals surface area contributed by atoms with E-state index in [1.54, 1.807) is 14.2 Å². The summed E-state index contributed by atoms with van der Waals surface area (Å²) in [4.78, 5) is 0. The lowest BCUT2D eigenvalue weighted by Crippen LogP contribution is -2.27. The van der Waals surface area contributed by atoms with Gasteiger partial charge in [-0.2, -0.15) is 0 Å². The van der Waals surface area contributed by atoms with E-state index < -0.39 is 0 Å². The summed E-state index contributed by atoms with van der Waals surface area (Å²) in [5.74, 6) is 2.37. The molecule has 1 aromatic rings. The van der Waals surface area contributed by atoms with E-state index in [0.29, 0.717) is 5.92 Å². The molecule has 1 aromatic carbocycles. The van der Waals surface area contributed by atoms with Crippen molar-refractivity contribution in [2.75, 3.05) is 27.3 Å². The summed E-state index contributed by atoms with van der Waals surface area (Å²) in [6.07, 6.45) is 2.41. The molecule has 0 radical (unpaired) electrons. The van der Waals surface area contributed by atoms with Crippen molar-refractivity contribution in [2.45, 2.75) is 32.6 Å². The van der Waals surface area contributed by atoms with Crippen LogP contribution >= 0.6 is 0 Å². The van der Waals surface area contributed by atoms with E-state index in [9.17, 15) is 0 Å². The third-order valence-electron chi connectivity index (χ3n) is 4.05. The SMILES string of the molecule is COc1cc(C2CCNCC2)c(C)c(C)c1OC. The molecule has 1 fully saturated rings. The highest BCUT2D eigenvalue weighted by atomic mass is 16.5. The Morgan fingerprint density at radius 1 is 1.06 bits per heavy atom. The van der Waals surface area contributed by atoms with Crippen LogP contribution < -0.4 is 14.8 Å². The van der Waals surface area contributed by atoms with E-state index in [-0.39, 0.29) is 0 Å². The molecule has 100 valence electrons. The maximum atomic E-state index is 5.46. The third-order valence-corrected chi connectivity index (χ3v) is 4.05. The quantitative estimate of drug-likeness (QED) is 0.893. The molecule has 0 aromatic heterocycles. The summed E-state index contributed by atoms with van der Waals surface area (Å²) < 4.78 is 10.9. The Kier molecular flexibility index (Phi) is 4.12. The highest BCUT2D eigenvalue weighted by Crippen LogP contribution is 2.39. The van der Waals surface area contributed by atoms with Gasteiger partial charge in [0, 0.05) is 0 Å². The largest absolute Gasteiger partial charge is 0.493 e. The van der Waals surface area contributed by atoms with Crippen LogP contribution in [0.5, 0.6) is 11.5 Å². The highest BCUT2D eigenvalue weighted by Gasteiger charge is 2.21. The fourth-order valence-corrected chi connectivity index (χ4v) is 2.85. The smallest absolute Gasteiger partial charge is 0.163 e. The Morgan fingerprint density at radius 2 is 1.72 bits per heavy atom. The van der Waals surface area contributed by atoms with Crippen molar-refractivity contribution < 1.29 is 9.47 Å². The molecule has 0 amide bonds. The molecule has 2 rings (SSSR count). The molecule has 0 unspecified atom stereocenters. The van der Waals surface area contributed by atoms with Crippen molar-refractivity contribution in [1.29, 1.82) is 0 Å². The zero-order chi connectivity index (χ0) is 13.1. The van der Waals surface area contributed by atoms with Crippen molar-refractivity contribution in [3.8, 4) is 11.5 Å². The van der Waals surface area contributed by atoms with Gasteiger partial charge in [-0.05, 0) is 68.5 Å². The van der Waals surface area contributed by atoms with Crippen LogP contribution in [0.1, 0.15) is 35.4 Å². The van der Waals surface area contributed by atoms with E-state index in [0.717, 1.165) is 24.6 Å². The van der Waals surface area contributed by atoms with Gasteiger partial charge in [-0.15, -0.1) is 0 Å². The van der Waals surface area contributed by atoms with Crippen LogP contribution in [0.4, 0.5) is 0 Å². The summed E-state index contributed by atoms with van der Waals surface area (Å²) in [6, 6.07) is 2.16. The molecule has 3 nitrogen and oxygen atoms in total. The number of hydrogen-bond acceptors (Lipinski definition) is 3. The van der Waals surface area contributed by atoms with Crippen LogP contribution in [0.3, 0.4) is 0 Å². The van der Waals surface area contributed by atoms with Gasteiger partial charge in [-0.1, -0.05) is 0 Å². The van der Waals surface area contributed by atoms with Crippen LogP contribution in [0.2, 0.25) is 0 Å². The van der Waals surface area contributed by atoms with Gasteiger partial charge in [0.05, 0.1) is 14.2 Å². The van der Waals surface area contributed by atoms with Crippen molar-refractivity contribution in [3.63, 3.8) is 0 Å². The summed E-state index contributed by atoms with van der Waals surface area (Å²) in [6.45, 7) is 6.52. The minimum Gasteiger partial charge on any atom is -0.493 e. The van der Waals surface area contributed by atoms with Crippen LogP contribution in [-0.4, -0.2) is 27.3 Å². The number of nitrogens with one attached hydrogen (secondary N) is 1. The molecule has 0 saturated carbocycles. The van der Waals surface area contributed by atoms with E-state index in [1.165, 1.54) is 29.5 Å². The maximum Gasteiger partial charge on any atom is 0.163 e. The van der Waals surface area contributed by atoms with Gasteiger partial charge in [0.25, 0.3) is 0 Å². The molecule has 0 bridgehead atoms. The molecule has 1 aliphatic heterocycles. The van der Waals surface area contributed by atoms with Crippen molar-refractivity contribution in [1.82, 2.24) is 5.32 Å². The Hall–Kier alpha value is -1.22. The van der Waals surface area contributed by atoms with E-state index >= 15 is 0 Å². The predicted molar refractivity (Wildman–Crippen MR) is 73.9 cm³/mol. The van der Waals surface area contributed by atoms with Crippen LogP contribution in [-0.2, 0) is 0 Å². The number of ether oxygens (including phenoxy) is 2. The monoisotopic (exact) mass is 249 g/mol. The van der Waals surface area contributed by atoms with Gasteiger partial charge in [0.1, 0.15) is 0 Å². The average molecular weight is 249 g/mol. The zero-order valence-corrected chi connectivity index (χ0v) is 11.8. The second-order valence-electron chi connectivity index (χ2n) is 4.98.